The van der Waals surface area contributed by atoms with Crippen molar-refractivity contribution in [2.45, 2.75) is 18.7 Å². The monoisotopic (exact) mass is 331 g/mol. The minimum atomic E-state index is -3.76. The normalized spacial score (nSPS) is 11.6. The number of aryl methyl sites for hydroxylation is 2. The molecule has 0 spiro atoms. The highest BCUT2D eigenvalue weighted by molar-refractivity contribution is 7.92. The van der Waals surface area contributed by atoms with Gasteiger partial charge in [-0.1, -0.05) is 6.07 Å². The van der Waals surface area contributed by atoms with Crippen LogP contribution >= 0.6 is 0 Å². The molecule has 3 rings (SSSR count). The van der Waals surface area contributed by atoms with Gasteiger partial charge in [0.25, 0.3) is 10.0 Å². The van der Waals surface area contributed by atoms with E-state index in [4.69, 9.17) is 4.74 Å². The molecule has 0 aliphatic carbocycles. The molecule has 1 aromatic carbocycles. The number of hydrogen-bond acceptors (Lipinski definition) is 4. The van der Waals surface area contributed by atoms with E-state index in [9.17, 15) is 8.42 Å². The Hall–Kier alpha value is -2.54. The summed E-state index contributed by atoms with van der Waals surface area (Å²) >= 11 is 0. The van der Waals surface area contributed by atoms with E-state index in [0.717, 1.165) is 16.9 Å². The van der Waals surface area contributed by atoms with Gasteiger partial charge in [-0.25, -0.2) is 13.4 Å². The molecule has 0 unspecified atom stereocenters. The quantitative estimate of drug-likeness (QED) is 0.798. The molecule has 6 nitrogen and oxygen atoms in total. The maximum atomic E-state index is 12.7. The molecule has 0 atom stereocenters. The summed E-state index contributed by atoms with van der Waals surface area (Å²) in [6, 6.07) is 8.51. The van der Waals surface area contributed by atoms with Crippen LogP contribution in [0.4, 0.5) is 5.69 Å². The smallest absolute Gasteiger partial charge is 0.265 e. The lowest BCUT2D eigenvalue weighted by molar-refractivity contribution is 0.402. The van der Waals surface area contributed by atoms with Crippen molar-refractivity contribution >= 4 is 21.4 Å². The molecule has 2 aromatic heterocycles. The number of imidazole rings is 1. The maximum Gasteiger partial charge on any atom is 0.265 e. The summed E-state index contributed by atoms with van der Waals surface area (Å²) in [7, 11) is -2.31. The Kier molecular flexibility index (Phi) is 3.73. The summed E-state index contributed by atoms with van der Waals surface area (Å²) in [6.07, 6.45) is 3.46. The molecule has 3 aromatic rings. The molecule has 23 heavy (non-hydrogen) atoms. The Morgan fingerprint density at radius 1 is 1.17 bits per heavy atom. The second kappa shape index (κ2) is 5.58. The van der Waals surface area contributed by atoms with Gasteiger partial charge in [0.15, 0.2) is 0 Å². The van der Waals surface area contributed by atoms with Crippen molar-refractivity contribution in [3.8, 4) is 5.75 Å². The van der Waals surface area contributed by atoms with Gasteiger partial charge in [0.2, 0.25) is 0 Å². The average molecular weight is 331 g/mol. The minimum Gasteiger partial charge on any atom is -0.495 e. The predicted octanol–water partition coefficient (Wildman–Crippen LogP) is 2.76. The number of nitrogens with zero attached hydrogens (tertiary/aromatic N) is 2. The average Bonchev–Trinajstić information content (AvgIpc) is 2.99. The molecule has 0 radical (unpaired) electrons. The number of sulfonamides is 1. The second-order valence-electron chi connectivity index (χ2n) is 5.25. The van der Waals surface area contributed by atoms with Gasteiger partial charge in [-0.2, -0.15) is 0 Å². The molecule has 0 amide bonds. The Balaban J connectivity index is 2.07. The third kappa shape index (κ3) is 2.75. The van der Waals surface area contributed by atoms with Gasteiger partial charge in [0.05, 0.1) is 12.8 Å². The largest absolute Gasteiger partial charge is 0.495 e. The molecule has 0 saturated carbocycles. The van der Waals surface area contributed by atoms with Crippen LogP contribution in [0.1, 0.15) is 11.3 Å². The SMILES string of the molecule is COc1ccc(C)cc1S(=O)(=O)Nc1ccc2nccn2c1C. The molecule has 120 valence electrons. The van der Waals surface area contributed by atoms with Crippen molar-refractivity contribution in [1.82, 2.24) is 9.38 Å². The Labute approximate surface area is 134 Å². The lowest BCUT2D eigenvalue weighted by atomic mass is 10.2. The van der Waals surface area contributed by atoms with Crippen molar-refractivity contribution in [3.05, 3.63) is 54.0 Å². The highest BCUT2D eigenvalue weighted by Gasteiger charge is 2.21. The van der Waals surface area contributed by atoms with Crippen LogP contribution in [0, 0.1) is 13.8 Å². The molecule has 7 heteroatoms. The molecule has 1 N–H and O–H groups in total. The summed E-state index contributed by atoms with van der Waals surface area (Å²) < 4.78 is 35.1. The molecule has 0 aliphatic rings. The van der Waals surface area contributed by atoms with Gasteiger partial charge < -0.3 is 9.14 Å². The predicted molar refractivity (Wildman–Crippen MR) is 88.5 cm³/mol. The Morgan fingerprint density at radius 2 is 1.96 bits per heavy atom. The van der Waals surface area contributed by atoms with Gasteiger partial charge in [0, 0.05) is 18.1 Å². The number of benzene rings is 1. The molecule has 0 bridgehead atoms. The zero-order valence-corrected chi connectivity index (χ0v) is 13.9. The van der Waals surface area contributed by atoms with Gasteiger partial charge in [-0.15, -0.1) is 0 Å². The van der Waals surface area contributed by atoms with Crippen LogP contribution in [0.5, 0.6) is 5.75 Å². The zero-order valence-electron chi connectivity index (χ0n) is 13.1. The number of hydrogen-bond donors (Lipinski definition) is 1. The van der Waals surface area contributed by atoms with E-state index in [1.54, 1.807) is 42.7 Å². The van der Waals surface area contributed by atoms with Gasteiger partial charge in [-0.3, -0.25) is 4.72 Å². The molecular formula is C16H17N3O3S. The maximum absolute atomic E-state index is 12.7. The third-order valence-electron chi connectivity index (χ3n) is 3.67. The highest BCUT2D eigenvalue weighted by atomic mass is 32.2. The van der Waals surface area contributed by atoms with E-state index in [-0.39, 0.29) is 4.90 Å². The molecule has 0 fully saturated rings. The zero-order chi connectivity index (χ0) is 16.6. The van der Waals surface area contributed by atoms with Crippen LogP contribution in [0.3, 0.4) is 0 Å². The van der Waals surface area contributed by atoms with Crippen molar-refractivity contribution < 1.29 is 13.2 Å². The van der Waals surface area contributed by atoms with E-state index in [0.29, 0.717) is 11.4 Å². The van der Waals surface area contributed by atoms with E-state index in [1.165, 1.54) is 7.11 Å². The minimum absolute atomic E-state index is 0.116. The van der Waals surface area contributed by atoms with Crippen molar-refractivity contribution in [2.24, 2.45) is 0 Å². The van der Waals surface area contributed by atoms with Crippen molar-refractivity contribution in [3.63, 3.8) is 0 Å². The fourth-order valence-electron chi connectivity index (χ4n) is 2.43. The molecular weight excluding hydrogens is 314 g/mol. The molecule has 0 aliphatic heterocycles. The summed E-state index contributed by atoms with van der Waals surface area (Å²) in [5.74, 6) is 0.310. The fraction of sp³-hybridized carbons (Fsp3) is 0.188. The first-order valence-corrected chi connectivity index (χ1v) is 8.51. The number of nitrogens with one attached hydrogen (secondary N) is 1. The first kappa shape index (κ1) is 15.4. The van der Waals surface area contributed by atoms with Crippen molar-refractivity contribution in [1.29, 1.82) is 0 Å². The lowest BCUT2D eigenvalue weighted by Crippen LogP contribution is -2.15. The molecule has 2 heterocycles. The first-order chi connectivity index (χ1) is 10.9. The van der Waals surface area contributed by atoms with Gasteiger partial charge in [0.1, 0.15) is 16.3 Å². The Morgan fingerprint density at radius 3 is 2.70 bits per heavy atom. The van der Waals surface area contributed by atoms with Crippen LogP contribution in [0.15, 0.2) is 47.6 Å². The summed E-state index contributed by atoms with van der Waals surface area (Å²) in [4.78, 5) is 4.30. The first-order valence-electron chi connectivity index (χ1n) is 7.02. The number of ether oxygens (including phenoxy) is 1. The van der Waals surface area contributed by atoms with E-state index in [2.05, 4.69) is 9.71 Å². The van der Waals surface area contributed by atoms with Crippen LogP contribution in [-0.4, -0.2) is 24.9 Å². The summed E-state index contributed by atoms with van der Waals surface area (Å²) in [5.41, 5.74) is 2.86. The number of anilines is 1. The number of pyridine rings is 1. The van der Waals surface area contributed by atoms with E-state index < -0.39 is 10.0 Å². The second-order valence-corrected chi connectivity index (χ2v) is 6.90. The highest BCUT2D eigenvalue weighted by Crippen LogP contribution is 2.28. The number of fused-ring (bicyclic) bond motifs is 1. The van der Waals surface area contributed by atoms with Gasteiger partial charge in [-0.05, 0) is 43.7 Å². The third-order valence-corrected chi connectivity index (χ3v) is 5.06. The summed E-state index contributed by atoms with van der Waals surface area (Å²) in [6.45, 7) is 3.67. The van der Waals surface area contributed by atoms with Crippen LogP contribution in [0.25, 0.3) is 5.65 Å². The standard InChI is InChI=1S/C16H17N3O3S/c1-11-4-6-14(22-3)15(10-11)23(20,21)18-13-5-7-16-17-8-9-19(16)12(13)2/h4-10,18H,1-3H3. The van der Waals surface area contributed by atoms with E-state index in [1.807, 2.05) is 18.2 Å². The molecule has 0 saturated heterocycles. The van der Waals surface area contributed by atoms with E-state index >= 15 is 0 Å². The topological polar surface area (TPSA) is 72.7 Å². The van der Waals surface area contributed by atoms with Gasteiger partial charge >= 0.3 is 0 Å². The van der Waals surface area contributed by atoms with Crippen LogP contribution in [0.2, 0.25) is 0 Å². The van der Waals surface area contributed by atoms with Crippen LogP contribution in [-0.2, 0) is 10.0 Å². The van der Waals surface area contributed by atoms with Crippen LogP contribution < -0.4 is 9.46 Å². The summed E-state index contributed by atoms with van der Waals surface area (Å²) in [5, 5.41) is 0. The number of methoxy groups -OCH3 is 1. The Bertz CT molecular complexity index is 977. The van der Waals surface area contributed by atoms with Crippen molar-refractivity contribution in [2.75, 3.05) is 11.8 Å². The number of rotatable bonds is 4. The number of aromatic nitrogens is 2. The fourth-order valence-corrected chi connectivity index (χ4v) is 3.80. The lowest BCUT2D eigenvalue weighted by Gasteiger charge is -2.14.